The first kappa shape index (κ1) is 15.6. The molecule has 0 aromatic carbocycles. The summed E-state index contributed by atoms with van der Waals surface area (Å²) < 4.78 is 71.5. The highest BCUT2D eigenvalue weighted by Crippen LogP contribution is 2.21. The van der Waals surface area contributed by atoms with Crippen molar-refractivity contribution in [2.24, 2.45) is 0 Å². The lowest BCUT2D eigenvalue weighted by atomic mass is 10.4. The Bertz CT molecular complexity index is 294. The summed E-state index contributed by atoms with van der Waals surface area (Å²) >= 11 is 0. The third-order valence-corrected chi connectivity index (χ3v) is 3.08. The van der Waals surface area contributed by atoms with Crippen molar-refractivity contribution >= 4 is 10.0 Å². The Labute approximate surface area is 90.7 Å². The molecule has 0 fully saturated rings. The van der Waals surface area contributed by atoms with E-state index in [1.165, 1.54) is 4.72 Å². The SMILES string of the molecule is O=S(=O)(CCCCO)NCC(F)(F)C(F)F. The number of nitrogens with one attached hydrogen (secondary N) is 1. The number of rotatable bonds is 8. The predicted octanol–water partition coefficient (Wildman–Crippen LogP) is 0.579. The Balaban J connectivity index is 4.09. The van der Waals surface area contributed by atoms with Gasteiger partial charge in [0.2, 0.25) is 10.0 Å². The van der Waals surface area contributed by atoms with E-state index in [0.29, 0.717) is 0 Å². The minimum Gasteiger partial charge on any atom is -0.396 e. The molecule has 0 spiro atoms. The third-order valence-electron chi connectivity index (χ3n) is 1.67. The van der Waals surface area contributed by atoms with E-state index < -0.39 is 34.7 Å². The van der Waals surface area contributed by atoms with Crippen molar-refractivity contribution in [3.05, 3.63) is 0 Å². The number of aliphatic hydroxyl groups excluding tert-OH is 1. The summed E-state index contributed by atoms with van der Waals surface area (Å²) in [7, 11) is -3.99. The average molecular weight is 267 g/mol. The van der Waals surface area contributed by atoms with Gasteiger partial charge in [0.1, 0.15) is 0 Å². The van der Waals surface area contributed by atoms with Crippen molar-refractivity contribution in [2.75, 3.05) is 18.9 Å². The first-order valence-corrected chi connectivity index (χ1v) is 6.10. The third kappa shape index (κ3) is 6.23. The minimum atomic E-state index is -4.37. The summed E-state index contributed by atoms with van der Waals surface area (Å²) in [6.07, 6.45) is -3.63. The van der Waals surface area contributed by atoms with Crippen molar-refractivity contribution in [3.63, 3.8) is 0 Å². The highest BCUT2D eigenvalue weighted by atomic mass is 32.2. The summed E-state index contributed by atoms with van der Waals surface area (Å²) in [5.74, 6) is -4.85. The monoisotopic (exact) mass is 267 g/mol. The maximum Gasteiger partial charge on any atom is 0.320 e. The van der Waals surface area contributed by atoms with Gasteiger partial charge >= 0.3 is 12.3 Å². The molecular formula is C7H13F4NO3S. The van der Waals surface area contributed by atoms with Crippen molar-refractivity contribution in [3.8, 4) is 0 Å². The molecule has 16 heavy (non-hydrogen) atoms. The molecule has 0 heterocycles. The van der Waals surface area contributed by atoms with Gasteiger partial charge in [-0.25, -0.2) is 21.9 Å². The first-order chi connectivity index (χ1) is 7.21. The van der Waals surface area contributed by atoms with Crippen molar-refractivity contribution in [1.82, 2.24) is 4.72 Å². The van der Waals surface area contributed by atoms with Crippen LogP contribution in [0.2, 0.25) is 0 Å². The van der Waals surface area contributed by atoms with E-state index in [4.69, 9.17) is 5.11 Å². The molecule has 0 aromatic heterocycles. The number of unbranched alkanes of at least 4 members (excludes halogenated alkanes) is 1. The Hall–Kier alpha value is -0.410. The lowest BCUT2D eigenvalue weighted by molar-refractivity contribution is -0.122. The van der Waals surface area contributed by atoms with Gasteiger partial charge in [-0.15, -0.1) is 0 Å². The van der Waals surface area contributed by atoms with Crippen LogP contribution in [0.1, 0.15) is 12.8 Å². The molecule has 0 saturated carbocycles. The molecule has 0 saturated heterocycles. The second kappa shape index (κ2) is 6.36. The number of alkyl halides is 4. The molecule has 0 amide bonds. The van der Waals surface area contributed by atoms with Crippen LogP contribution in [0.25, 0.3) is 0 Å². The maximum absolute atomic E-state index is 12.3. The van der Waals surface area contributed by atoms with Crippen LogP contribution in [0.3, 0.4) is 0 Å². The molecule has 2 N–H and O–H groups in total. The van der Waals surface area contributed by atoms with Crippen molar-refractivity contribution < 1.29 is 31.1 Å². The molecule has 0 aromatic rings. The summed E-state index contributed by atoms with van der Waals surface area (Å²) in [6.45, 7) is -1.84. The zero-order valence-electron chi connectivity index (χ0n) is 8.30. The molecule has 0 rings (SSSR count). The molecule has 0 aliphatic carbocycles. The van der Waals surface area contributed by atoms with Gasteiger partial charge in [-0.3, -0.25) is 0 Å². The summed E-state index contributed by atoms with van der Waals surface area (Å²) in [5, 5.41) is 8.36. The molecule has 0 aliphatic rings. The average Bonchev–Trinajstić information content (AvgIpc) is 2.15. The van der Waals surface area contributed by atoms with Crippen LogP contribution in [0.5, 0.6) is 0 Å². The summed E-state index contributed by atoms with van der Waals surface area (Å²) in [6, 6.07) is 0. The highest BCUT2D eigenvalue weighted by Gasteiger charge is 2.41. The Kier molecular flexibility index (Phi) is 6.19. The van der Waals surface area contributed by atoms with Crippen LogP contribution in [-0.4, -0.2) is 44.8 Å². The molecular weight excluding hydrogens is 254 g/mol. The van der Waals surface area contributed by atoms with Crippen LogP contribution in [-0.2, 0) is 10.0 Å². The smallest absolute Gasteiger partial charge is 0.320 e. The largest absolute Gasteiger partial charge is 0.396 e. The highest BCUT2D eigenvalue weighted by molar-refractivity contribution is 7.89. The second-order valence-corrected chi connectivity index (χ2v) is 5.06. The molecule has 98 valence electrons. The van der Waals surface area contributed by atoms with E-state index in [-0.39, 0.29) is 19.4 Å². The van der Waals surface area contributed by atoms with Crippen LogP contribution in [0.4, 0.5) is 17.6 Å². The van der Waals surface area contributed by atoms with E-state index in [2.05, 4.69) is 0 Å². The van der Waals surface area contributed by atoms with E-state index in [1.54, 1.807) is 0 Å². The van der Waals surface area contributed by atoms with Gasteiger partial charge in [0.05, 0.1) is 12.3 Å². The van der Waals surface area contributed by atoms with Gasteiger partial charge in [-0.1, -0.05) is 0 Å². The molecule has 0 aliphatic heterocycles. The lowest BCUT2D eigenvalue weighted by Crippen LogP contribution is -2.42. The number of sulfonamides is 1. The minimum absolute atomic E-state index is 0.0755. The van der Waals surface area contributed by atoms with Crippen molar-refractivity contribution in [2.45, 2.75) is 25.2 Å². The molecule has 0 radical (unpaired) electrons. The predicted molar refractivity (Wildman–Crippen MR) is 49.1 cm³/mol. The first-order valence-electron chi connectivity index (χ1n) is 4.45. The fourth-order valence-electron chi connectivity index (χ4n) is 0.759. The zero-order chi connectivity index (χ0) is 12.8. The molecule has 4 nitrogen and oxygen atoms in total. The van der Waals surface area contributed by atoms with E-state index in [0.717, 1.165) is 0 Å². The topological polar surface area (TPSA) is 66.4 Å². The quantitative estimate of drug-likeness (QED) is 0.499. The fourth-order valence-corrected chi connectivity index (χ4v) is 1.90. The number of aliphatic hydroxyl groups is 1. The second-order valence-electron chi connectivity index (χ2n) is 3.13. The van der Waals surface area contributed by atoms with Gasteiger partial charge in [-0.2, -0.15) is 8.78 Å². The normalized spacial score (nSPS) is 13.4. The van der Waals surface area contributed by atoms with Crippen LogP contribution in [0.15, 0.2) is 0 Å². The molecule has 0 atom stereocenters. The number of hydrogen-bond donors (Lipinski definition) is 2. The molecule has 0 unspecified atom stereocenters. The maximum atomic E-state index is 12.3. The summed E-state index contributed by atoms with van der Waals surface area (Å²) in [5.41, 5.74) is 0. The van der Waals surface area contributed by atoms with Crippen LogP contribution < -0.4 is 4.72 Å². The fraction of sp³-hybridized carbons (Fsp3) is 1.00. The standard InChI is InChI=1S/C7H13F4NO3S/c8-6(9)7(10,11)5-12-16(14,15)4-2-1-3-13/h6,12-13H,1-5H2. The van der Waals surface area contributed by atoms with E-state index >= 15 is 0 Å². The van der Waals surface area contributed by atoms with E-state index in [9.17, 15) is 26.0 Å². The van der Waals surface area contributed by atoms with Crippen LogP contribution >= 0.6 is 0 Å². The summed E-state index contributed by atoms with van der Waals surface area (Å²) in [4.78, 5) is 0. The van der Waals surface area contributed by atoms with Gasteiger partial charge in [0, 0.05) is 6.61 Å². The van der Waals surface area contributed by atoms with Crippen molar-refractivity contribution in [1.29, 1.82) is 0 Å². The molecule has 9 heteroatoms. The molecule has 0 bridgehead atoms. The number of hydrogen-bond acceptors (Lipinski definition) is 3. The Morgan fingerprint density at radius 2 is 1.81 bits per heavy atom. The van der Waals surface area contributed by atoms with Gasteiger partial charge in [0.25, 0.3) is 0 Å². The zero-order valence-corrected chi connectivity index (χ0v) is 9.11. The van der Waals surface area contributed by atoms with Gasteiger partial charge in [0.15, 0.2) is 0 Å². The lowest BCUT2D eigenvalue weighted by Gasteiger charge is -2.15. The van der Waals surface area contributed by atoms with Crippen LogP contribution in [0, 0.1) is 0 Å². The Morgan fingerprint density at radius 3 is 2.25 bits per heavy atom. The number of halogens is 4. The van der Waals surface area contributed by atoms with Gasteiger partial charge < -0.3 is 5.11 Å². The Morgan fingerprint density at radius 1 is 1.25 bits per heavy atom. The van der Waals surface area contributed by atoms with Gasteiger partial charge in [-0.05, 0) is 12.8 Å². The van der Waals surface area contributed by atoms with E-state index in [1.807, 2.05) is 0 Å².